The number of hydrogen-bond acceptors (Lipinski definition) is 5. The molecular formula is C18H16ClFN4O. The van der Waals surface area contributed by atoms with Gasteiger partial charge < -0.3 is 9.42 Å². The highest BCUT2D eigenvalue weighted by molar-refractivity contribution is 6.29. The molecule has 25 heavy (non-hydrogen) atoms. The summed E-state index contributed by atoms with van der Waals surface area (Å²) in [7, 11) is 0. The lowest BCUT2D eigenvalue weighted by molar-refractivity contribution is 0.424. The second kappa shape index (κ2) is 6.44. The summed E-state index contributed by atoms with van der Waals surface area (Å²) in [6, 6.07) is 8.01. The summed E-state index contributed by atoms with van der Waals surface area (Å²) in [5.41, 5.74) is 2.75. The lowest BCUT2D eigenvalue weighted by atomic mass is 10.0. The molecular weight excluding hydrogens is 343 g/mol. The predicted molar refractivity (Wildman–Crippen MR) is 93.1 cm³/mol. The molecule has 128 valence electrons. The Morgan fingerprint density at radius 3 is 2.80 bits per heavy atom. The molecule has 0 aliphatic carbocycles. The maximum absolute atomic E-state index is 13.2. The van der Waals surface area contributed by atoms with Crippen LogP contribution in [0.5, 0.6) is 0 Å². The number of aryl methyl sites for hydroxylation is 1. The Balaban J connectivity index is 1.68. The first-order chi connectivity index (χ1) is 12.1. The molecule has 1 aromatic carbocycles. The van der Waals surface area contributed by atoms with Crippen LogP contribution in [-0.2, 0) is 19.4 Å². The number of halogens is 2. The van der Waals surface area contributed by atoms with E-state index in [0.717, 1.165) is 47.8 Å². The summed E-state index contributed by atoms with van der Waals surface area (Å²) in [4.78, 5) is 10.9. The topological polar surface area (TPSA) is 55.1 Å². The summed E-state index contributed by atoms with van der Waals surface area (Å²) in [6.45, 7) is 3.39. The first-order valence-corrected chi connectivity index (χ1v) is 8.53. The third-order valence-corrected chi connectivity index (χ3v) is 4.50. The van der Waals surface area contributed by atoms with Gasteiger partial charge in [0.05, 0.1) is 12.2 Å². The maximum atomic E-state index is 13.2. The standard InChI is InChI=1S/C18H16ClFN4O/c1-2-16-21-15(19)9-17(22-16)24-8-7-14-13(10-24)18(25-23-14)11-3-5-12(20)6-4-11/h3-6,9H,2,7-8,10H2,1H3. The highest BCUT2D eigenvalue weighted by atomic mass is 35.5. The average molecular weight is 359 g/mol. The maximum Gasteiger partial charge on any atom is 0.172 e. The van der Waals surface area contributed by atoms with Gasteiger partial charge in [0.25, 0.3) is 0 Å². The third-order valence-electron chi connectivity index (χ3n) is 4.31. The molecule has 0 amide bonds. The van der Waals surface area contributed by atoms with Gasteiger partial charge in [0.1, 0.15) is 22.6 Å². The first kappa shape index (κ1) is 16.0. The number of aromatic nitrogens is 3. The van der Waals surface area contributed by atoms with Crippen molar-refractivity contribution in [2.75, 3.05) is 11.4 Å². The van der Waals surface area contributed by atoms with E-state index in [1.165, 1.54) is 12.1 Å². The number of rotatable bonds is 3. The molecule has 0 saturated carbocycles. The van der Waals surface area contributed by atoms with Gasteiger partial charge in [0.2, 0.25) is 0 Å². The van der Waals surface area contributed by atoms with Gasteiger partial charge in [-0.15, -0.1) is 0 Å². The van der Waals surface area contributed by atoms with Crippen LogP contribution in [0.2, 0.25) is 5.15 Å². The molecule has 5 nitrogen and oxygen atoms in total. The molecule has 3 heterocycles. The molecule has 1 aliphatic heterocycles. The van der Waals surface area contributed by atoms with Gasteiger partial charge in [0, 0.05) is 36.6 Å². The quantitative estimate of drug-likeness (QED) is 0.661. The fourth-order valence-electron chi connectivity index (χ4n) is 3.01. The number of fused-ring (bicyclic) bond motifs is 1. The van der Waals surface area contributed by atoms with Crippen LogP contribution in [0.4, 0.5) is 10.2 Å². The molecule has 0 N–H and O–H groups in total. The van der Waals surface area contributed by atoms with Crippen LogP contribution in [0.15, 0.2) is 34.9 Å². The zero-order valence-corrected chi connectivity index (χ0v) is 14.4. The predicted octanol–water partition coefficient (Wildman–Crippen LogP) is 4.05. The normalized spacial score (nSPS) is 13.8. The zero-order chi connectivity index (χ0) is 17.4. The molecule has 3 aromatic rings. The Bertz CT molecular complexity index is 910. The monoisotopic (exact) mass is 358 g/mol. The molecule has 2 aromatic heterocycles. The van der Waals surface area contributed by atoms with Crippen molar-refractivity contribution in [2.45, 2.75) is 26.3 Å². The molecule has 7 heteroatoms. The van der Waals surface area contributed by atoms with Crippen LogP contribution < -0.4 is 4.90 Å². The molecule has 0 atom stereocenters. The van der Waals surface area contributed by atoms with Crippen LogP contribution >= 0.6 is 11.6 Å². The molecule has 0 radical (unpaired) electrons. The minimum Gasteiger partial charge on any atom is -0.356 e. The van der Waals surface area contributed by atoms with Gasteiger partial charge in [-0.3, -0.25) is 0 Å². The van der Waals surface area contributed by atoms with Gasteiger partial charge in [-0.1, -0.05) is 23.7 Å². The molecule has 0 unspecified atom stereocenters. The van der Waals surface area contributed by atoms with E-state index in [1.807, 2.05) is 6.92 Å². The van der Waals surface area contributed by atoms with Crippen molar-refractivity contribution < 1.29 is 8.91 Å². The average Bonchev–Trinajstić information content (AvgIpc) is 3.05. The van der Waals surface area contributed by atoms with Gasteiger partial charge in [0.15, 0.2) is 5.76 Å². The number of benzene rings is 1. The van der Waals surface area contributed by atoms with E-state index in [1.54, 1.807) is 18.2 Å². The summed E-state index contributed by atoms with van der Waals surface area (Å²) >= 11 is 6.12. The zero-order valence-electron chi connectivity index (χ0n) is 13.7. The summed E-state index contributed by atoms with van der Waals surface area (Å²) < 4.78 is 18.7. The first-order valence-electron chi connectivity index (χ1n) is 8.16. The Kier molecular flexibility index (Phi) is 4.13. The van der Waals surface area contributed by atoms with Crippen LogP contribution in [-0.4, -0.2) is 21.7 Å². The fraction of sp³-hybridized carbons (Fsp3) is 0.278. The minimum absolute atomic E-state index is 0.276. The Morgan fingerprint density at radius 2 is 2.04 bits per heavy atom. The lowest BCUT2D eigenvalue weighted by Gasteiger charge is -2.27. The molecule has 4 rings (SSSR count). The molecule has 0 saturated heterocycles. The molecule has 1 aliphatic rings. The number of hydrogen-bond donors (Lipinski definition) is 0. The second-order valence-corrected chi connectivity index (χ2v) is 6.32. The number of nitrogens with zero attached hydrogens (tertiary/aromatic N) is 4. The van der Waals surface area contributed by atoms with Gasteiger partial charge in [-0.05, 0) is 24.3 Å². The minimum atomic E-state index is -0.276. The van der Waals surface area contributed by atoms with Crippen LogP contribution in [0.1, 0.15) is 24.0 Å². The fourth-order valence-corrected chi connectivity index (χ4v) is 3.20. The van der Waals surface area contributed by atoms with Crippen molar-refractivity contribution in [3.8, 4) is 11.3 Å². The van der Waals surface area contributed by atoms with E-state index in [4.69, 9.17) is 16.1 Å². The highest BCUT2D eigenvalue weighted by Crippen LogP contribution is 2.32. The van der Waals surface area contributed by atoms with Crippen molar-refractivity contribution in [2.24, 2.45) is 0 Å². The van der Waals surface area contributed by atoms with E-state index >= 15 is 0 Å². The smallest absolute Gasteiger partial charge is 0.172 e. The molecule has 0 fully saturated rings. The van der Waals surface area contributed by atoms with Gasteiger partial charge >= 0.3 is 0 Å². The lowest BCUT2D eigenvalue weighted by Crippen LogP contribution is -2.31. The molecule has 0 bridgehead atoms. The third kappa shape index (κ3) is 3.09. The Hall–Kier alpha value is -2.47. The van der Waals surface area contributed by atoms with Crippen LogP contribution in [0, 0.1) is 5.82 Å². The van der Waals surface area contributed by atoms with Gasteiger partial charge in [-0.25, -0.2) is 14.4 Å². The van der Waals surface area contributed by atoms with Crippen molar-refractivity contribution in [1.29, 1.82) is 0 Å². The van der Waals surface area contributed by atoms with Crippen molar-refractivity contribution in [3.05, 3.63) is 58.4 Å². The van der Waals surface area contributed by atoms with Crippen molar-refractivity contribution >= 4 is 17.4 Å². The van der Waals surface area contributed by atoms with Crippen molar-refractivity contribution in [3.63, 3.8) is 0 Å². The van der Waals surface area contributed by atoms with E-state index in [-0.39, 0.29) is 5.82 Å². The van der Waals surface area contributed by atoms with Crippen molar-refractivity contribution in [1.82, 2.24) is 15.1 Å². The number of anilines is 1. The van der Waals surface area contributed by atoms with Crippen LogP contribution in [0.25, 0.3) is 11.3 Å². The van der Waals surface area contributed by atoms with E-state index in [9.17, 15) is 4.39 Å². The summed E-state index contributed by atoms with van der Waals surface area (Å²) in [5.74, 6) is 1.92. The Labute approximate surface area is 149 Å². The molecule has 0 spiro atoms. The largest absolute Gasteiger partial charge is 0.356 e. The van der Waals surface area contributed by atoms with E-state index in [0.29, 0.717) is 17.5 Å². The van der Waals surface area contributed by atoms with E-state index in [2.05, 4.69) is 20.0 Å². The Morgan fingerprint density at radius 1 is 1.24 bits per heavy atom. The van der Waals surface area contributed by atoms with Crippen LogP contribution in [0.3, 0.4) is 0 Å². The summed E-state index contributed by atoms with van der Waals surface area (Å²) in [6.07, 6.45) is 1.48. The highest BCUT2D eigenvalue weighted by Gasteiger charge is 2.26. The summed E-state index contributed by atoms with van der Waals surface area (Å²) in [5, 5.41) is 4.62. The SMILES string of the molecule is CCc1nc(Cl)cc(N2CCc3noc(-c4ccc(F)cc4)c3C2)n1. The second-order valence-electron chi connectivity index (χ2n) is 5.93. The van der Waals surface area contributed by atoms with E-state index < -0.39 is 0 Å². The van der Waals surface area contributed by atoms with Gasteiger partial charge in [-0.2, -0.15) is 0 Å².